The molecule has 0 unspecified atom stereocenters. The highest BCUT2D eigenvalue weighted by Crippen LogP contribution is 2.13. The standard InChI is InChI=1S/C13H22N2OS/c1-3-7-14-13-6-5-12(10-15-13)11-17-9-4-8-16-2/h5-6,10H,3-4,7-9,11H2,1-2H3,(H,14,15). The van der Waals surface area contributed by atoms with Gasteiger partial charge in [0.25, 0.3) is 0 Å². The van der Waals surface area contributed by atoms with Gasteiger partial charge in [0.05, 0.1) is 0 Å². The van der Waals surface area contributed by atoms with Gasteiger partial charge in [-0.05, 0) is 30.2 Å². The van der Waals surface area contributed by atoms with Gasteiger partial charge in [-0.25, -0.2) is 4.98 Å². The second-order valence-electron chi connectivity index (χ2n) is 3.88. The molecule has 0 aliphatic rings. The summed E-state index contributed by atoms with van der Waals surface area (Å²) in [5, 5.41) is 3.27. The summed E-state index contributed by atoms with van der Waals surface area (Å²) in [7, 11) is 1.75. The average Bonchev–Trinajstić information content (AvgIpc) is 2.37. The van der Waals surface area contributed by atoms with Gasteiger partial charge in [0, 0.05) is 32.2 Å². The van der Waals surface area contributed by atoms with E-state index in [-0.39, 0.29) is 0 Å². The molecule has 0 bridgehead atoms. The Balaban J connectivity index is 2.20. The molecule has 0 fully saturated rings. The van der Waals surface area contributed by atoms with E-state index in [2.05, 4.69) is 29.4 Å². The molecular weight excluding hydrogens is 232 g/mol. The molecule has 96 valence electrons. The minimum atomic E-state index is 0.852. The van der Waals surface area contributed by atoms with Crippen LogP contribution >= 0.6 is 11.8 Å². The molecule has 0 atom stereocenters. The highest BCUT2D eigenvalue weighted by atomic mass is 32.2. The number of rotatable bonds is 9. The zero-order chi connectivity index (χ0) is 12.3. The zero-order valence-corrected chi connectivity index (χ0v) is 11.6. The van der Waals surface area contributed by atoms with Crippen molar-refractivity contribution < 1.29 is 4.74 Å². The van der Waals surface area contributed by atoms with Gasteiger partial charge in [-0.1, -0.05) is 13.0 Å². The van der Waals surface area contributed by atoms with Crippen LogP contribution in [-0.2, 0) is 10.5 Å². The van der Waals surface area contributed by atoms with Gasteiger partial charge in [0.2, 0.25) is 0 Å². The summed E-state index contributed by atoms with van der Waals surface area (Å²) in [4.78, 5) is 4.38. The summed E-state index contributed by atoms with van der Waals surface area (Å²) >= 11 is 1.93. The van der Waals surface area contributed by atoms with Gasteiger partial charge in [-0.3, -0.25) is 0 Å². The summed E-state index contributed by atoms with van der Waals surface area (Å²) in [6, 6.07) is 4.20. The first-order valence-corrected chi connectivity index (χ1v) is 7.27. The maximum Gasteiger partial charge on any atom is 0.125 e. The molecule has 0 radical (unpaired) electrons. The van der Waals surface area contributed by atoms with Crippen LogP contribution in [0.2, 0.25) is 0 Å². The Morgan fingerprint density at radius 3 is 2.94 bits per heavy atom. The van der Waals surface area contributed by atoms with Crippen LogP contribution in [0, 0.1) is 0 Å². The number of hydrogen-bond acceptors (Lipinski definition) is 4. The van der Waals surface area contributed by atoms with Gasteiger partial charge in [0.15, 0.2) is 0 Å². The van der Waals surface area contributed by atoms with Crippen LogP contribution in [0.3, 0.4) is 0 Å². The van der Waals surface area contributed by atoms with Crippen molar-refractivity contribution >= 4 is 17.6 Å². The first-order valence-electron chi connectivity index (χ1n) is 6.12. The lowest BCUT2D eigenvalue weighted by atomic mass is 10.3. The molecule has 1 N–H and O–H groups in total. The second-order valence-corrected chi connectivity index (χ2v) is 4.98. The highest BCUT2D eigenvalue weighted by molar-refractivity contribution is 7.98. The first kappa shape index (κ1) is 14.3. The topological polar surface area (TPSA) is 34.1 Å². The van der Waals surface area contributed by atoms with E-state index in [1.807, 2.05) is 18.0 Å². The van der Waals surface area contributed by atoms with Crippen molar-refractivity contribution in [2.75, 3.05) is 31.3 Å². The number of ether oxygens (including phenoxy) is 1. The third-order valence-corrected chi connectivity index (χ3v) is 3.40. The Labute approximate surface area is 108 Å². The maximum absolute atomic E-state index is 5.01. The van der Waals surface area contributed by atoms with Crippen LogP contribution in [0.1, 0.15) is 25.3 Å². The van der Waals surface area contributed by atoms with Gasteiger partial charge < -0.3 is 10.1 Å². The molecule has 0 saturated carbocycles. The van der Waals surface area contributed by atoms with Crippen LogP contribution in [0.4, 0.5) is 5.82 Å². The first-order chi connectivity index (χ1) is 8.36. The Bertz CT molecular complexity index is 290. The molecule has 0 aliphatic carbocycles. The van der Waals surface area contributed by atoms with Crippen LogP contribution in [0.5, 0.6) is 0 Å². The van der Waals surface area contributed by atoms with Gasteiger partial charge in [-0.2, -0.15) is 11.8 Å². The van der Waals surface area contributed by atoms with Crippen molar-refractivity contribution in [2.45, 2.75) is 25.5 Å². The molecule has 1 heterocycles. The summed E-state index contributed by atoms with van der Waals surface area (Å²) < 4.78 is 5.01. The molecule has 3 nitrogen and oxygen atoms in total. The minimum Gasteiger partial charge on any atom is -0.385 e. The lowest BCUT2D eigenvalue weighted by molar-refractivity contribution is 0.200. The number of nitrogens with zero attached hydrogens (tertiary/aromatic N) is 1. The second kappa shape index (κ2) is 9.31. The fraction of sp³-hybridized carbons (Fsp3) is 0.615. The Morgan fingerprint density at radius 1 is 1.41 bits per heavy atom. The van der Waals surface area contributed by atoms with Crippen molar-refractivity contribution in [2.24, 2.45) is 0 Å². The smallest absolute Gasteiger partial charge is 0.125 e. The van der Waals surface area contributed by atoms with Crippen molar-refractivity contribution in [3.8, 4) is 0 Å². The Kier molecular flexibility index (Phi) is 7.84. The zero-order valence-electron chi connectivity index (χ0n) is 10.7. The third-order valence-electron chi connectivity index (χ3n) is 2.29. The van der Waals surface area contributed by atoms with Crippen molar-refractivity contribution in [3.63, 3.8) is 0 Å². The fourth-order valence-electron chi connectivity index (χ4n) is 1.36. The molecule has 0 amide bonds. The number of hydrogen-bond donors (Lipinski definition) is 1. The lowest BCUT2D eigenvalue weighted by Gasteiger charge is -2.05. The molecule has 1 rings (SSSR count). The van der Waals surface area contributed by atoms with Gasteiger partial charge in [0.1, 0.15) is 5.82 Å². The molecule has 0 spiro atoms. The summed E-state index contributed by atoms with van der Waals surface area (Å²) in [5.74, 6) is 3.15. The van der Waals surface area contributed by atoms with Crippen molar-refractivity contribution in [1.82, 2.24) is 4.98 Å². The monoisotopic (exact) mass is 254 g/mol. The quantitative estimate of drug-likeness (QED) is 0.686. The van der Waals surface area contributed by atoms with Gasteiger partial charge in [-0.15, -0.1) is 0 Å². The highest BCUT2D eigenvalue weighted by Gasteiger charge is 1.96. The number of pyridine rings is 1. The summed E-state index contributed by atoms with van der Waals surface area (Å²) in [5.41, 5.74) is 1.29. The number of aromatic nitrogens is 1. The van der Waals surface area contributed by atoms with E-state index in [0.29, 0.717) is 0 Å². The maximum atomic E-state index is 5.01. The van der Waals surface area contributed by atoms with E-state index >= 15 is 0 Å². The molecule has 1 aromatic rings. The largest absolute Gasteiger partial charge is 0.385 e. The van der Waals surface area contributed by atoms with E-state index in [1.54, 1.807) is 7.11 Å². The number of nitrogens with one attached hydrogen (secondary N) is 1. The van der Waals surface area contributed by atoms with Crippen molar-refractivity contribution in [3.05, 3.63) is 23.9 Å². The summed E-state index contributed by atoms with van der Waals surface area (Å²) in [6.45, 7) is 3.99. The molecule has 0 saturated heterocycles. The molecule has 17 heavy (non-hydrogen) atoms. The predicted octanol–water partition coefficient (Wildman–Crippen LogP) is 3.17. The minimum absolute atomic E-state index is 0.852. The summed E-state index contributed by atoms with van der Waals surface area (Å²) in [6.07, 6.45) is 4.20. The van der Waals surface area contributed by atoms with Gasteiger partial charge >= 0.3 is 0 Å². The average molecular weight is 254 g/mol. The van der Waals surface area contributed by atoms with Crippen LogP contribution in [-0.4, -0.2) is 31.0 Å². The molecule has 0 aliphatic heterocycles. The molecular formula is C13H22N2OS. The molecule has 1 aromatic heterocycles. The van der Waals surface area contributed by atoms with E-state index in [1.165, 1.54) is 5.56 Å². The van der Waals surface area contributed by atoms with E-state index < -0.39 is 0 Å². The number of thioether (sulfide) groups is 1. The van der Waals surface area contributed by atoms with E-state index in [9.17, 15) is 0 Å². The molecule has 0 aromatic carbocycles. The number of methoxy groups -OCH3 is 1. The van der Waals surface area contributed by atoms with Crippen LogP contribution in [0.15, 0.2) is 18.3 Å². The predicted molar refractivity (Wildman–Crippen MR) is 75.7 cm³/mol. The SMILES string of the molecule is CCCNc1ccc(CSCCCOC)cn1. The lowest BCUT2D eigenvalue weighted by Crippen LogP contribution is -2.01. The van der Waals surface area contributed by atoms with Crippen LogP contribution in [0.25, 0.3) is 0 Å². The van der Waals surface area contributed by atoms with E-state index in [4.69, 9.17) is 4.74 Å². The van der Waals surface area contributed by atoms with Crippen molar-refractivity contribution in [1.29, 1.82) is 0 Å². The van der Waals surface area contributed by atoms with E-state index in [0.717, 1.165) is 43.3 Å². The Morgan fingerprint density at radius 2 is 2.29 bits per heavy atom. The fourth-order valence-corrected chi connectivity index (χ4v) is 2.24. The molecule has 4 heteroatoms. The Hall–Kier alpha value is -0.740. The number of anilines is 1. The normalized spacial score (nSPS) is 10.5. The third kappa shape index (κ3) is 6.54. The van der Waals surface area contributed by atoms with Crippen LogP contribution < -0.4 is 5.32 Å².